The maximum atomic E-state index is 12.5. The Morgan fingerprint density at radius 2 is 2.17 bits per heavy atom. The molecule has 1 saturated heterocycles. The van der Waals surface area contributed by atoms with Crippen LogP contribution in [0.2, 0.25) is 0 Å². The van der Waals surface area contributed by atoms with Gasteiger partial charge in [-0.05, 0) is 5.56 Å². The highest BCUT2D eigenvalue weighted by Gasteiger charge is 2.34. The van der Waals surface area contributed by atoms with Gasteiger partial charge in [-0.2, -0.15) is 10.2 Å². The van der Waals surface area contributed by atoms with Gasteiger partial charge in [0, 0.05) is 38.4 Å². The summed E-state index contributed by atoms with van der Waals surface area (Å²) in [5.74, 6) is -0.349. The lowest BCUT2D eigenvalue weighted by molar-refractivity contribution is -0.119. The van der Waals surface area contributed by atoms with Crippen molar-refractivity contribution >= 4 is 24.0 Å². The highest BCUT2D eigenvalue weighted by atomic mass is 35.5. The zero-order valence-corrected chi connectivity index (χ0v) is 13.8. The van der Waals surface area contributed by atoms with Gasteiger partial charge in [-0.15, -0.1) is 12.4 Å². The molecule has 2 N–H and O–H groups in total. The van der Waals surface area contributed by atoms with Gasteiger partial charge in [-0.25, -0.2) is 8.78 Å². The molecule has 0 saturated carbocycles. The van der Waals surface area contributed by atoms with Crippen molar-refractivity contribution < 1.29 is 13.6 Å². The molecule has 132 valence electrons. The van der Waals surface area contributed by atoms with Crippen LogP contribution < -0.4 is 10.6 Å². The fraction of sp³-hybridized carbons (Fsp3) is 0.500. The summed E-state index contributed by atoms with van der Waals surface area (Å²) in [7, 11) is 1.83. The minimum absolute atomic E-state index is 0. The van der Waals surface area contributed by atoms with Crippen LogP contribution in [0.4, 0.5) is 14.5 Å². The zero-order valence-electron chi connectivity index (χ0n) is 13.0. The van der Waals surface area contributed by atoms with Gasteiger partial charge in [0.15, 0.2) is 0 Å². The molecule has 2 aromatic heterocycles. The fourth-order valence-corrected chi connectivity index (χ4v) is 2.84. The van der Waals surface area contributed by atoms with E-state index in [4.69, 9.17) is 0 Å². The Bertz CT molecular complexity index is 688. The smallest absolute Gasteiger partial charge is 0.257 e. The molecule has 24 heavy (non-hydrogen) atoms. The van der Waals surface area contributed by atoms with Crippen LogP contribution in [0.15, 0.2) is 24.8 Å². The number of anilines is 1. The highest BCUT2D eigenvalue weighted by molar-refractivity contribution is 5.93. The first kappa shape index (κ1) is 18.3. The second kappa shape index (κ2) is 7.71. The Morgan fingerprint density at radius 3 is 2.83 bits per heavy atom. The van der Waals surface area contributed by atoms with E-state index in [0.29, 0.717) is 18.8 Å². The summed E-state index contributed by atoms with van der Waals surface area (Å²) in [5, 5.41) is 13.9. The minimum atomic E-state index is -2.48. The van der Waals surface area contributed by atoms with Crippen molar-refractivity contribution in [3.8, 4) is 0 Å². The average Bonchev–Trinajstić information content (AvgIpc) is 3.18. The molecule has 3 heterocycles. The molecular weight excluding hydrogens is 342 g/mol. The third-order valence-corrected chi connectivity index (χ3v) is 3.93. The lowest BCUT2D eigenvalue weighted by atomic mass is 9.90. The van der Waals surface area contributed by atoms with Crippen LogP contribution in [0, 0.1) is 5.92 Å². The summed E-state index contributed by atoms with van der Waals surface area (Å²) in [6.07, 6.45) is 3.97. The summed E-state index contributed by atoms with van der Waals surface area (Å²) >= 11 is 0. The predicted octanol–water partition coefficient (Wildman–Crippen LogP) is 1.25. The van der Waals surface area contributed by atoms with E-state index in [0.717, 1.165) is 10.2 Å². The Balaban J connectivity index is 0.00000208. The van der Waals surface area contributed by atoms with Crippen molar-refractivity contribution in [1.82, 2.24) is 24.9 Å². The molecule has 1 aliphatic heterocycles. The zero-order chi connectivity index (χ0) is 16.4. The number of alkyl halides is 2. The second-order valence-corrected chi connectivity index (χ2v) is 5.65. The molecule has 0 unspecified atom stereocenters. The van der Waals surface area contributed by atoms with Crippen LogP contribution in [0.3, 0.4) is 0 Å². The maximum absolute atomic E-state index is 12.5. The summed E-state index contributed by atoms with van der Waals surface area (Å²) in [6.45, 7) is 0.782. The lowest BCUT2D eigenvalue weighted by Crippen LogP contribution is -2.27. The monoisotopic (exact) mass is 360 g/mol. The van der Waals surface area contributed by atoms with E-state index in [1.54, 1.807) is 10.9 Å². The van der Waals surface area contributed by atoms with E-state index in [-0.39, 0.29) is 30.2 Å². The van der Waals surface area contributed by atoms with Crippen molar-refractivity contribution in [3.63, 3.8) is 0 Å². The molecule has 10 heteroatoms. The second-order valence-electron chi connectivity index (χ2n) is 5.65. The van der Waals surface area contributed by atoms with E-state index >= 15 is 0 Å². The first-order valence-corrected chi connectivity index (χ1v) is 7.33. The average molecular weight is 361 g/mol. The van der Waals surface area contributed by atoms with Crippen LogP contribution in [-0.4, -0.2) is 45.0 Å². The van der Waals surface area contributed by atoms with Crippen LogP contribution in [0.5, 0.6) is 0 Å². The number of hydrogen-bond acceptors (Lipinski definition) is 4. The van der Waals surface area contributed by atoms with E-state index in [1.807, 2.05) is 13.2 Å². The van der Waals surface area contributed by atoms with E-state index in [1.165, 1.54) is 12.4 Å². The molecule has 1 fully saturated rings. The van der Waals surface area contributed by atoms with Gasteiger partial charge >= 0.3 is 0 Å². The number of aryl methyl sites for hydroxylation is 1. The van der Waals surface area contributed by atoms with Crippen LogP contribution >= 0.6 is 12.4 Å². The number of amides is 1. The fourth-order valence-electron chi connectivity index (χ4n) is 2.84. The van der Waals surface area contributed by atoms with Gasteiger partial charge in [0.2, 0.25) is 5.91 Å². The van der Waals surface area contributed by atoms with E-state index in [9.17, 15) is 13.6 Å². The summed E-state index contributed by atoms with van der Waals surface area (Å²) in [5.41, 5.74) is 1.43. The highest BCUT2D eigenvalue weighted by Crippen LogP contribution is 2.28. The molecule has 0 aromatic carbocycles. The van der Waals surface area contributed by atoms with Gasteiger partial charge in [0.1, 0.15) is 6.54 Å². The molecule has 0 spiro atoms. The van der Waals surface area contributed by atoms with Crippen molar-refractivity contribution in [2.45, 2.75) is 18.9 Å². The first-order chi connectivity index (χ1) is 11.0. The normalized spacial score (nSPS) is 20.2. The molecule has 1 aliphatic rings. The number of nitrogens with zero attached hydrogens (tertiary/aromatic N) is 4. The van der Waals surface area contributed by atoms with Crippen molar-refractivity contribution in [2.75, 3.05) is 18.4 Å². The number of carbonyl (C=O) groups is 1. The van der Waals surface area contributed by atoms with Crippen molar-refractivity contribution in [2.24, 2.45) is 13.0 Å². The largest absolute Gasteiger partial charge is 0.323 e. The molecule has 1 amide bonds. The predicted molar refractivity (Wildman–Crippen MR) is 86.4 cm³/mol. The summed E-state index contributed by atoms with van der Waals surface area (Å²) in [4.78, 5) is 12.5. The Morgan fingerprint density at radius 1 is 1.38 bits per heavy atom. The van der Waals surface area contributed by atoms with Crippen LogP contribution in [0.1, 0.15) is 11.5 Å². The van der Waals surface area contributed by atoms with E-state index in [2.05, 4.69) is 20.8 Å². The van der Waals surface area contributed by atoms with Crippen molar-refractivity contribution in [1.29, 1.82) is 0 Å². The van der Waals surface area contributed by atoms with Gasteiger partial charge in [0.05, 0.1) is 24.0 Å². The topological polar surface area (TPSA) is 76.8 Å². The third-order valence-electron chi connectivity index (χ3n) is 3.93. The molecule has 7 nitrogen and oxygen atoms in total. The van der Waals surface area contributed by atoms with Gasteiger partial charge in [-0.1, -0.05) is 0 Å². The number of rotatable bonds is 5. The number of halogens is 3. The first-order valence-electron chi connectivity index (χ1n) is 7.33. The van der Waals surface area contributed by atoms with Gasteiger partial charge in [0.25, 0.3) is 6.43 Å². The lowest BCUT2D eigenvalue weighted by Gasteiger charge is -2.16. The molecule has 0 radical (unpaired) electrons. The number of hydrogen-bond donors (Lipinski definition) is 2. The third kappa shape index (κ3) is 4.09. The Kier molecular flexibility index (Phi) is 5.89. The maximum Gasteiger partial charge on any atom is 0.257 e. The minimum Gasteiger partial charge on any atom is -0.323 e. The number of carbonyl (C=O) groups excluding carboxylic acids is 1. The summed E-state index contributed by atoms with van der Waals surface area (Å²) in [6, 6.07) is 0. The molecule has 3 rings (SSSR count). The molecular formula is C14H19ClF2N6O. The van der Waals surface area contributed by atoms with Gasteiger partial charge < -0.3 is 10.6 Å². The Hall–Kier alpha value is -2.00. The van der Waals surface area contributed by atoms with Gasteiger partial charge in [-0.3, -0.25) is 14.2 Å². The molecule has 2 aromatic rings. The number of nitrogens with one attached hydrogen (secondary N) is 2. The molecule has 0 bridgehead atoms. The molecule has 0 aliphatic carbocycles. The van der Waals surface area contributed by atoms with Crippen molar-refractivity contribution in [3.05, 3.63) is 30.4 Å². The summed E-state index contributed by atoms with van der Waals surface area (Å²) < 4.78 is 27.5. The quantitative estimate of drug-likeness (QED) is 0.841. The van der Waals surface area contributed by atoms with Crippen LogP contribution in [-0.2, 0) is 18.4 Å². The Labute approximate surface area is 143 Å². The van der Waals surface area contributed by atoms with Crippen LogP contribution in [0.25, 0.3) is 0 Å². The number of aromatic nitrogens is 4. The van der Waals surface area contributed by atoms with E-state index < -0.39 is 13.0 Å². The SMILES string of the molecule is Cl.Cn1cc([C@H]2CNC[C@@H]2C(=O)Nc2cnn(CC(F)F)c2)cn1. The molecule has 2 atom stereocenters. The standard InChI is InChI=1S/C14H18F2N6O.ClH/c1-21-6-9(2-18-21)11-4-17-5-12(11)14(23)20-10-3-19-22(7-10)8-13(15)16;/h2-3,6-7,11-13,17H,4-5,8H2,1H3,(H,20,23);1H/t11-,12+;/m1./s1.